The smallest absolute Gasteiger partial charge is 0.210 e. The molecule has 1 atom stereocenters. The number of aromatic nitrogens is 3. The molecule has 1 aliphatic carbocycles. The minimum absolute atomic E-state index is 0. The van der Waals surface area contributed by atoms with Crippen molar-refractivity contribution in [2.75, 3.05) is 0 Å². The summed E-state index contributed by atoms with van der Waals surface area (Å²) >= 11 is 5.95. The van der Waals surface area contributed by atoms with Gasteiger partial charge in [-0.05, 0) is 49.3 Å². The molecule has 4 nitrogen and oxygen atoms in total. The number of hydrogen-bond acceptors (Lipinski definition) is 2. The highest BCUT2D eigenvalue weighted by Crippen LogP contribution is 2.27. The second-order valence-electron chi connectivity index (χ2n) is 6.38. The van der Waals surface area contributed by atoms with Crippen LogP contribution in [0, 0.1) is 5.92 Å². The van der Waals surface area contributed by atoms with Crippen LogP contribution in [0.15, 0.2) is 35.3 Å². The van der Waals surface area contributed by atoms with Crippen LogP contribution in [0.1, 0.15) is 23.2 Å². The zero-order valence-corrected chi connectivity index (χ0v) is 15.0. The molecule has 0 bridgehead atoms. The van der Waals surface area contributed by atoms with Crippen molar-refractivity contribution in [2.45, 2.75) is 25.7 Å². The molecule has 3 aromatic rings. The average Bonchev–Trinajstić information content (AvgIpc) is 2.92. The van der Waals surface area contributed by atoms with Crippen LogP contribution in [0.25, 0.3) is 11.0 Å². The molecule has 4 rings (SSSR count). The van der Waals surface area contributed by atoms with E-state index in [0.29, 0.717) is 11.4 Å². The number of nitrogens with zero attached hydrogens (tertiary/aromatic N) is 2. The Labute approximate surface area is 151 Å². The quantitative estimate of drug-likeness (QED) is 0.754. The Morgan fingerprint density at radius 3 is 2.83 bits per heavy atom. The minimum Gasteiger partial charge on any atom is -0.355 e. The maximum absolute atomic E-state index is 12.8. The van der Waals surface area contributed by atoms with E-state index in [1.54, 1.807) is 10.9 Å². The van der Waals surface area contributed by atoms with E-state index < -0.39 is 0 Å². The van der Waals surface area contributed by atoms with Gasteiger partial charge in [-0.1, -0.05) is 23.7 Å². The molecule has 2 heterocycles. The normalized spacial score (nSPS) is 16.7. The molecule has 0 amide bonds. The number of aromatic amines is 1. The Kier molecular flexibility index (Phi) is 4.70. The van der Waals surface area contributed by atoms with E-state index in [-0.39, 0.29) is 17.8 Å². The number of pyridine rings is 1. The van der Waals surface area contributed by atoms with Crippen molar-refractivity contribution in [2.24, 2.45) is 13.0 Å². The van der Waals surface area contributed by atoms with Crippen molar-refractivity contribution in [1.82, 2.24) is 14.8 Å². The third kappa shape index (κ3) is 2.96. The van der Waals surface area contributed by atoms with Crippen LogP contribution in [0.5, 0.6) is 0 Å². The molecule has 1 aliphatic rings. The number of halogens is 2. The first-order chi connectivity index (χ1) is 11.1. The van der Waals surface area contributed by atoms with Gasteiger partial charge in [0.2, 0.25) is 5.43 Å². The summed E-state index contributed by atoms with van der Waals surface area (Å²) in [4.78, 5) is 16.2. The highest BCUT2D eigenvalue weighted by molar-refractivity contribution is 6.30. The van der Waals surface area contributed by atoms with Gasteiger partial charge < -0.3 is 4.98 Å². The lowest BCUT2D eigenvalue weighted by molar-refractivity contribution is 0.450. The van der Waals surface area contributed by atoms with E-state index in [1.165, 1.54) is 5.56 Å². The third-order valence-electron chi connectivity index (χ3n) is 4.81. The van der Waals surface area contributed by atoms with Crippen molar-refractivity contribution in [3.05, 3.63) is 62.5 Å². The second kappa shape index (κ2) is 6.61. The lowest BCUT2D eigenvalue weighted by atomic mass is 9.82. The van der Waals surface area contributed by atoms with Crippen molar-refractivity contribution in [1.29, 1.82) is 0 Å². The van der Waals surface area contributed by atoms with E-state index in [0.717, 1.165) is 47.5 Å². The highest BCUT2D eigenvalue weighted by atomic mass is 35.5. The molecule has 0 aliphatic heterocycles. The van der Waals surface area contributed by atoms with Gasteiger partial charge in [0.05, 0.1) is 11.7 Å². The molecule has 0 fully saturated rings. The molecule has 0 spiro atoms. The predicted molar refractivity (Wildman–Crippen MR) is 99.3 cm³/mol. The summed E-state index contributed by atoms with van der Waals surface area (Å²) in [6.45, 7) is 0. The Hall–Kier alpha value is -1.78. The topological polar surface area (TPSA) is 50.7 Å². The van der Waals surface area contributed by atoms with E-state index in [1.807, 2.05) is 19.2 Å². The summed E-state index contributed by atoms with van der Waals surface area (Å²) in [5.41, 5.74) is 4.95. The monoisotopic (exact) mass is 363 g/mol. The van der Waals surface area contributed by atoms with Gasteiger partial charge in [0.1, 0.15) is 5.52 Å². The number of nitrogens with one attached hydrogen (secondary N) is 1. The number of aryl methyl sites for hydroxylation is 2. The summed E-state index contributed by atoms with van der Waals surface area (Å²) in [6.07, 6.45) is 5.57. The third-order valence-corrected chi connectivity index (χ3v) is 5.06. The van der Waals surface area contributed by atoms with Crippen molar-refractivity contribution >= 4 is 35.0 Å². The van der Waals surface area contributed by atoms with Gasteiger partial charge in [-0.3, -0.25) is 9.48 Å². The summed E-state index contributed by atoms with van der Waals surface area (Å²) in [5, 5.41) is 4.96. The van der Waals surface area contributed by atoms with E-state index in [4.69, 9.17) is 11.6 Å². The van der Waals surface area contributed by atoms with Gasteiger partial charge >= 0.3 is 0 Å². The first-order valence-electron chi connectivity index (χ1n) is 7.92. The van der Waals surface area contributed by atoms with Crippen LogP contribution in [-0.4, -0.2) is 14.8 Å². The van der Waals surface area contributed by atoms with Crippen molar-refractivity contribution in [3.63, 3.8) is 0 Å². The fourth-order valence-electron chi connectivity index (χ4n) is 3.61. The van der Waals surface area contributed by atoms with Crippen LogP contribution in [0.2, 0.25) is 5.02 Å². The average molecular weight is 364 g/mol. The van der Waals surface area contributed by atoms with Crippen molar-refractivity contribution in [3.8, 4) is 0 Å². The van der Waals surface area contributed by atoms with E-state index in [9.17, 15) is 4.79 Å². The Morgan fingerprint density at radius 1 is 1.33 bits per heavy atom. The highest BCUT2D eigenvalue weighted by Gasteiger charge is 2.24. The van der Waals surface area contributed by atoms with Crippen LogP contribution < -0.4 is 5.43 Å². The van der Waals surface area contributed by atoms with Gasteiger partial charge in [0.25, 0.3) is 0 Å². The molecule has 0 saturated heterocycles. The van der Waals surface area contributed by atoms with Crippen LogP contribution in [-0.2, 0) is 26.3 Å². The molecular weight excluding hydrogens is 345 g/mol. The van der Waals surface area contributed by atoms with E-state index in [2.05, 4.69) is 22.2 Å². The first-order valence-corrected chi connectivity index (χ1v) is 8.30. The van der Waals surface area contributed by atoms with Gasteiger partial charge in [-0.2, -0.15) is 5.10 Å². The molecule has 0 radical (unpaired) electrons. The van der Waals surface area contributed by atoms with Crippen molar-refractivity contribution < 1.29 is 0 Å². The van der Waals surface area contributed by atoms with Gasteiger partial charge in [0.15, 0.2) is 0 Å². The fourth-order valence-corrected chi connectivity index (χ4v) is 3.74. The Bertz CT molecular complexity index is 928. The lowest BCUT2D eigenvalue weighted by Crippen LogP contribution is -2.25. The maximum Gasteiger partial charge on any atom is 0.210 e. The largest absolute Gasteiger partial charge is 0.355 e. The molecule has 24 heavy (non-hydrogen) atoms. The predicted octanol–water partition coefficient (Wildman–Crippen LogP) is 3.68. The van der Waals surface area contributed by atoms with Gasteiger partial charge in [-0.25, -0.2) is 0 Å². The molecule has 1 unspecified atom stereocenters. The SMILES string of the molecule is Cl.Cn1ncc2[nH]c3c(c(=O)c21)CC(Cc1ccc(Cl)cc1)CC3. The summed E-state index contributed by atoms with van der Waals surface area (Å²) in [6, 6.07) is 8.01. The molecule has 1 aromatic carbocycles. The zero-order chi connectivity index (χ0) is 16.0. The number of rotatable bonds is 2. The minimum atomic E-state index is 0. The number of benzene rings is 1. The Morgan fingerprint density at radius 2 is 2.08 bits per heavy atom. The molecule has 126 valence electrons. The van der Waals surface area contributed by atoms with Gasteiger partial charge in [0, 0.05) is 23.3 Å². The molecule has 0 saturated carbocycles. The maximum atomic E-state index is 12.8. The number of fused-ring (bicyclic) bond motifs is 2. The molecule has 6 heteroatoms. The summed E-state index contributed by atoms with van der Waals surface area (Å²) < 4.78 is 1.66. The van der Waals surface area contributed by atoms with Crippen LogP contribution in [0.3, 0.4) is 0 Å². The zero-order valence-electron chi connectivity index (χ0n) is 13.4. The fraction of sp³-hybridized carbons (Fsp3) is 0.333. The molecular formula is C18H19Cl2N3O. The molecule has 1 N–H and O–H groups in total. The molecule has 2 aromatic heterocycles. The standard InChI is InChI=1S/C18H18ClN3O.ClH/c1-22-17-16(10-20-22)21-15-7-4-12(9-14(15)18(17)23)8-11-2-5-13(19)6-3-11;/h2-3,5-6,10,12H,4,7-9H2,1H3,(H,21,23);1H. The first kappa shape index (κ1) is 17.1. The number of hydrogen-bond donors (Lipinski definition) is 1. The Balaban J connectivity index is 0.00000169. The summed E-state index contributed by atoms with van der Waals surface area (Å²) in [5.74, 6) is 0.496. The van der Waals surface area contributed by atoms with E-state index >= 15 is 0 Å². The second-order valence-corrected chi connectivity index (χ2v) is 6.82. The van der Waals surface area contributed by atoms with Gasteiger partial charge in [-0.15, -0.1) is 12.4 Å². The van der Waals surface area contributed by atoms with Crippen LogP contribution >= 0.6 is 24.0 Å². The van der Waals surface area contributed by atoms with Crippen LogP contribution in [0.4, 0.5) is 0 Å². The summed E-state index contributed by atoms with van der Waals surface area (Å²) in [7, 11) is 1.82. The lowest BCUT2D eigenvalue weighted by Gasteiger charge is -2.24. The number of H-pyrrole nitrogens is 1.